The Morgan fingerprint density at radius 1 is 1.40 bits per heavy atom. The number of ether oxygens (including phenoxy) is 2. The van der Waals surface area contributed by atoms with Crippen molar-refractivity contribution in [3.05, 3.63) is 0 Å². The standard InChI is InChI=1S/C11H23NO3/c1-6-11(3,4)15-8-9(12-7-2)10(13)14-5/h9,12H,6-8H2,1-5H3. The van der Waals surface area contributed by atoms with Crippen LogP contribution in [0.15, 0.2) is 0 Å². The molecule has 0 fully saturated rings. The number of nitrogens with one attached hydrogen (secondary N) is 1. The van der Waals surface area contributed by atoms with Crippen molar-refractivity contribution in [1.29, 1.82) is 0 Å². The van der Waals surface area contributed by atoms with E-state index >= 15 is 0 Å². The molecule has 0 aromatic heterocycles. The molecule has 0 aliphatic rings. The fourth-order valence-electron chi connectivity index (χ4n) is 1.01. The number of carbonyl (C=O) groups excluding carboxylic acids is 1. The highest BCUT2D eigenvalue weighted by molar-refractivity contribution is 5.75. The van der Waals surface area contributed by atoms with Crippen LogP contribution in [0.2, 0.25) is 0 Å². The molecule has 0 saturated carbocycles. The Morgan fingerprint density at radius 2 is 2.00 bits per heavy atom. The van der Waals surface area contributed by atoms with Crippen molar-refractivity contribution in [1.82, 2.24) is 5.32 Å². The zero-order chi connectivity index (χ0) is 11.9. The molecule has 0 aromatic carbocycles. The first kappa shape index (κ1) is 14.4. The molecular formula is C11H23NO3. The lowest BCUT2D eigenvalue weighted by molar-refractivity contribution is -0.146. The summed E-state index contributed by atoms with van der Waals surface area (Å²) >= 11 is 0. The molecule has 0 aliphatic heterocycles. The van der Waals surface area contributed by atoms with E-state index in [0.717, 1.165) is 13.0 Å². The van der Waals surface area contributed by atoms with Crippen LogP contribution in [0.25, 0.3) is 0 Å². The van der Waals surface area contributed by atoms with Crippen LogP contribution in [0.1, 0.15) is 34.1 Å². The Hall–Kier alpha value is -0.610. The fourth-order valence-corrected chi connectivity index (χ4v) is 1.01. The molecule has 1 N–H and O–H groups in total. The third-order valence-electron chi connectivity index (χ3n) is 2.43. The molecule has 0 aromatic rings. The number of likely N-dealkylation sites (N-methyl/N-ethyl adjacent to an activating group) is 1. The lowest BCUT2D eigenvalue weighted by atomic mass is 10.1. The van der Waals surface area contributed by atoms with E-state index in [9.17, 15) is 4.79 Å². The largest absolute Gasteiger partial charge is 0.468 e. The summed E-state index contributed by atoms with van der Waals surface area (Å²) < 4.78 is 10.3. The molecule has 0 radical (unpaired) electrons. The normalized spacial score (nSPS) is 13.7. The number of esters is 1. The molecule has 0 amide bonds. The molecule has 0 saturated heterocycles. The second-order valence-electron chi connectivity index (χ2n) is 4.06. The number of rotatable bonds is 7. The van der Waals surface area contributed by atoms with Gasteiger partial charge in [-0.15, -0.1) is 0 Å². The van der Waals surface area contributed by atoms with Gasteiger partial charge in [0.05, 0.1) is 19.3 Å². The van der Waals surface area contributed by atoms with Gasteiger partial charge in [-0.2, -0.15) is 0 Å². The van der Waals surface area contributed by atoms with Crippen molar-refractivity contribution < 1.29 is 14.3 Å². The number of hydrogen-bond acceptors (Lipinski definition) is 4. The molecular weight excluding hydrogens is 194 g/mol. The van der Waals surface area contributed by atoms with Crippen LogP contribution in [-0.2, 0) is 14.3 Å². The molecule has 0 bridgehead atoms. The van der Waals surface area contributed by atoms with E-state index in [-0.39, 0.29) is 17.6 Å². The minimum Gasteiger partial charge on any atom is -0.468 e. The summed E-state index contributed by atoms with van der Waals surface area (Å²) in [6, 6.07) is -0.370. The Kier molecular flexibility index (Phi) is 6.52. The van der Waals surface area contributed by atoms with E-state index in [2.05, 4.69) is 17.0 Å². The summed E-state index contributed by atoms with van der Waals surface area (Å²) in [6.07, 6.45) is 0.910. The van der Waals surface area contributed by atoms with Crippen molar-refractivity contribution in [2.75, 3.05) is 20.3 Å². The van der Waals surface area contributed by atoms with E-state index in [1.54, 1.807) is 0 Å². The average Bonchev–Trinajstić information content (AvgIpc) is 2.23. The van der Waals surface area contributed by atoms with Gasteiger partial charge in [0, 0.05) is 0 Å². The molecule has 0 aliphatic carbocycles. The zero-order valence-electron chi connectivity index (χ0n) is 10.4. The zero-order valence-corrected chi connectivity index (χ0v) is 10.4. The lowest BCUT2D eigenvalue weighted by Crippen LogP contribution is -2.43. The minimum absolute atomic E-state index is 0.193. The monoisotopic (exact) mass is 217 g/mol. The first-order valence-electron chi connectivity index (χ1n) is 5.42. The smallest absolute Gasteiger partial charge is 0.325 e. The molecule has 0 heterocycles. The van der Waals surface area contributed by atoms with E-state index in [0.29, 0.717) is 6.61 Å². The summed E-state index contributed by atoms with van der Waals surface area (Å²) in [6.45, 7) is 9.08. The maximum atomic E-state index is 11.3. The van der Waals surface area contributed by atoms with Gasteiger partial charge < -0.3 is 14.8 Å². The quantitative estimate of drug-likeness (QED) is 0.654. The van der Waals surface area contributed by atoms with Gasteiger partial charge in [0.15, 0.2) is 0 Å². The van der Waals surface area contributed by atoms with Crippen LogP contribution < -0.4 is 5.32 Å². The predicted octanol–water partition coefficient (Wildman–Crippen LogP) is 1.34. The topological polar surface area (TPSA) is 47.6 Å². The van der Waals surface area contributed by atoms with E-state index in [1.807, 2.05) is 20.8 Å². The van der Waals surface area contributed by atoms with Gasteiger partial charge in [0.2, 0.25) is 0 Å². The molecule has 0 spiro atoms. The van der Waals surface area contributed by atoms with Crippen LogP contribution in [0.5, 0.6) is 0 Å². The second kappa shape index (κ2) is 6.80. The van der Waals surface area contributed by atoms with Crippen LogP contribution >= 0.6 is 0 Å². The van der Waals surface area contributed by atoms with Gasteiger partial charge >= 0.3 is 5.97 Å². The highest BCUT2D eigenvalue weighted by Gasteiger charge is 2.23. The molecule has 1 unspecified atom stereocenters. The first-order valence-corrected chi connectivity index (χ1v) is 5.42. The SMILES string of the molecule is CCNC(COC(C)(C)CC)C(=O)OC. The molecule has 0 rings (SSSR count). The third kappa shape index (κ3) is 5.74. The van der Waals surface area contributed by atoms with Gasteiger partial charge in [0.1, 0.15) is 6.04 Å². The Bertz CT molecular complexity index is 192. The number of hydrogen-bond donors (Lipinski definition) is 1. The predicted molar refractivity (Wildman–Crippen MR) is 59.8 cm³/mol. The van der Waals surface area contributed by atoms with Crippen LogP contribution in [0.4, 0.5) is 0 Å². The molecule has 4 nitrogen and oxygen atoms in total. The van der Waals surface area contributed by atoms with Crippen LogP contribution in [-0.4, -0.2) is 37.9 Å². The summed E-state index contributed by atoms with van der Waals surface area (Å²) in [5.74, 6) is -0.274. The van der Waals surface area contributed by atoms with E-state index < -0.39 is 0 Å². The highest BCUT2D eigenvalue weighted by Crippen LogP contribution is 2.13. The number of methoxy groups -OCH3 is 1. The maximum Gasteiger partial charge on any atom is 0.325 e. The summed E-state index contributed by atoms with van der Waals surface area (Å²) in [4.78, 5) is 11.3. The minimum atomic E-state index is -0.370. The van der Waals surface area contributed by atoms with Gasteiger partial charge in [-0.3, -0.25) is 4.79 Å². The van der Waals surface area contributed by atoms with Crippen molar-refractivity contribution in [3.63, 3.8) is 0 Å². The van der Waals surface area contributed by atoms with Gasteiger partial charge in [-0.05, 0) is 26.8 Å². The molecule has 90 valence electrons. The van der Waals surface area contributed by atoms with Gasteiger partial charge in [-0.1, -0.05) is 13.8 Å². The Balaban J connectivity index is 4.12. The first-order chi connectivity index (χ1) is 6.96. The van der Waals surface area contributed by atoms with Crippen LogP contribution in [0, 0.1) is 0 Å². The molecule has 1 atom stereocenters. The average molecular weight is 217 g/mol. The Morgan fingerprint density at radius 3 is 2.40 bits per heavy atom. The van der Waals surface area contributed by atoms with Crippen LogP contribution in [0.3, 0.4) is 0 Å². The second-order valence-corrected chi connectivity index (χ2v) is 4.06. The van der Waals surface area contributed by atoms with Gasteiger partial charge in [0.25, 0.3) is 0 Å². The number of carbonyl (C=O) groups is 1. The van der Waals surface area contributed by atoms with Crippen molar-refractivity contribution in [2.45, 2.75) is 45.8 Å². The Labute approximate surface area is 92.3 Å². The lowest BCUT2D eigenvalue weighted by Gasteiger charge is -2.26. The fraction of sp³-hybridized carbons (Fsp3) is 0.909. The maximum absolute atomic E-state index is 11.3. The van der Waals surface area contributed by atoms with Crippen molar-refractivity contribution >= 4 is 5.97 Å². The van der Waals surface area contributed by atoms with E-state index in [1.165, 1.54) is 7.11 Å². The van der Waals surface area contributed by atoms with E-state index in [4.69, 9.17) is 4.74 Å². The van der Waals surface area contributed by atoms with Gasteiger partial charge in [-0.25, -0.2) is 0 Å². The third-order valence-corrected chi connectivity index (χ3v) is 2.43. The molecule has 4 heteroatoms. The molecule has 15 heavy (non-hydrogen) atoms. The van der Waals surface area contributed by atoms with Crippen molar-refractivity contribution in [3.8, 4) is 0 Å². The van der Waals surface area contributed by atoms with Crippen molar-refractivity contribution in [2.24, 2.45) is 0 Å². The summed E-state index contributed by atoms with van der Waals surface area (Å²) in [7, 11) is 1.39. The summed E-state index contributed by atoms with van der Waals surface area (Å²) in [5, 5.41) is 3.03. The highest BCUT2D eigenvalue weighted by atomic mass is 16.5. The summed E-state index contributed by atoms with van der Waals surface area (Å²) in [5.41, 5.74) is -0.193.